The molecule has 0 saturated carbocycles. The van der Waals surface area contributed by atoms with Gasteiger partial charge in [0.2, 0.25) is 5.95 Å². The minimum atomic E-state index is -0.348. The molecule has 3 aromatic heterocycles. The Kier molecular flexibility index (Phi) is 7.92. The lowest BCUT2D eigenvalue weighted by atomic mass is 9.88. The number of aromatic nitrogens is 4. The molecule has 0 amide bonds. The Morgan fingerprint density at radius 3 is 2.62 bits per heavy atom. The third-order valence-corrected chi connectivity index (χ3v) is 7.88. The number of aliphatic hydroxyl groups excluding tert-OH is 1. The van der Waals surface area contributed by atoms with Gasteiger partial charge in [0, 0.05) is 18.8 Å². The van der Waals surface area contributed by atoms with Crippen molar-refractivity contribution in [3.05, 3.63) is 77.2 Å². The summed E-state index contributed by atoms with van der Waals surface area (Å²) in [7, 11) is 0. The van der Waals surface area contributed by atoms with Gasteiger partial charge in [-0.3, -0.25) is 9.30 Å². The topological polar surface area (TPSA) is 102 Å². The molecule has 39 heavy (non-hydrogen) atoms. The van der Waals surface area contributed by atoms with E-state index in [4.69, 9.17) is 4.98 Å². The molecule has 2 N–H and O–H groups in total. The number of pyridine rings is 1. The fraction of sp³-hybridized carbons (Fsp3) is 0.419. The van der Waals surface area contributed by atoms with Gasteiger partial charge in [0.25, 0.3) is 0 Å². The van der Waals surface area contributed by atoms with Gasteiger partial charge in [-0.15, -0.1) is 0 Å². The molecule has 0 unspecified atom stereocenters. The van der Waals surface area contributed by atoms with Crippen molar-refractivity contribution in [3.8, 4) is 17.5 Å². The Balaban J connectivity index is 1.29. The fourth-order valence-electron chi connectivity index (χ4n) is 5.62. The van der Waals surface area contributed by atoms with Crippen LogP contribution in [0.3, 0.4) is 0 Å². The van der Waals surface area contributed by atoms with Gasteiger partial charge >= 0.3 is 0 Å². The summed E-state index contributed by atoms with van der Waals surface area (Å²) in [5, 5.41) is 23.7. The summed E-state index contributed by atoms with van der Waals surface area (Å²) in [5.41, 5.74) is 6.17. The molecule has 5 rings (SSSR count). The highest BCUT2D eigenvalue weighted by Crippen LogP contribution is 2.28. The second kappa shape index (κ2) is 11.5. The molecule has 1 aliphatic rings. The van der Waals surface area contributed by atoms with Crippen molar-refractivity contribution in [2.24, 2.45) is 5.92 Å². The highest BCUT2D eigenvalue weighted by molar-refractivity contribution is 5.68. The van der Waals surface area contributed by atoms with Crippen molar-refractivity contribution in [1.29, 1.82) is 5.26 Å². The van der Waals surface area contributed by atoms with Crippen LogP contribution in [0.25, 0.3) is 17.0 Å². The predicted octanol–water partition coefficient (Wildman–Crippen LogP) is 5.38. The summed E-state index contributed by atoms with van der Waals surface area (Å²) in [6.45, 7) is 9.41. The van der Waals surface area contributed by atoms with E-state index < -0.39 is 0 Å². The van der Waals surface area contributed by atoms with Crippen molar-refractivity contribution >= 4 is 11.6 Å². The third-order valence-electron chi connectivity index (χ3n) is 7.88. The van der Waals surface area contributed by atoms with Gasteiger partial charge in [0.15, 0.2) is 0 Å². The number of aliphatic hydroxyl groups is 1. The second-order valence-corrected chi connectivity index (χ2v) is 10.8. The standard InChI is InChI=1S/C31H37N7O/c1-5-24-7-6-13-38-27(19-33-30(24)38)29-26(17-32)18-34-31(36-29)35-21(4)25-10-8-22(9-11-25)15-23-12-14-37(20(2)3)28(39)16-23/h6-11,13,18-21,23,28,39H,5,12,14-16H2,1-4H3,(H,34,35,36)/t21-,23+,28-/m0/s1. The van der Waals surface area contributed by atoms with Crippen molar-refractivity contribution in [2.45, 2.75) is 71.7 Å². The second-order valence-electron chi connectivity index (χ2n) is 10.8. The normalized spacial score (nSPS) is 18.8. The van der Waals surface area contributed by atoms with E-state index >= 15 is 0 Å². The maximum atomic E-state index is 10.5. The van der Waals surface area contributed by atoms with Crippen LogP contribution in [-0.4, -0.2) is 48.2 Å². The molecule has 0 bridgehead atoms. The molecule has 4 heterocycles. The summed E-state index contributed by atoms with van der Waals surface area (Å²) in [6, 6.07) is 15.3. The molecule has 1 saturated heterocycles. The quantitative estimate of drug-likeness (QED) is 0.320. The first-order valence-corrected chi connectivity index (χ1v) is 13.9. The summed E-state index contributed by atoms with van der Waals surface area (Å²) in [5.74, 6) is 0.961. The number of nitrogens with zero attached hydrogens (tertiary/aromatic N) is 6. The van der Waals surface area contributed by atoms with E-state index in [0.29, 0.717) is 29.2 Å². The SMILES string of the molecule is CCc1cccn2c(-c3nc(N[C@@H](C)c4ccc(C[C@H]5CCN(C(C)C)[C@@H](O)C5)cc4)ncc3C#N)cnc12. The van der Waals surface area contributed by atoms with E-state index in [0.717, 1.165) is 54.7 Å². The molecular formula is C31H37N7O. The first-order valence-electron chi connectivity index (χ1n) is 13.9. The lowest BCUT2D eigenvalue weighted by Crippen LogP contribution is -2.46. The average molecular weight is 524 g/mol. The Bertz CT molecular complexity index is 1470. The summed E-state index contributed by atoms with van der Waals surface area (Å²) in [6.07, 6.45) is 8.73. The van der Waals surface area contributed by atoms with Crippen LogP contribution in [0, 0.1) is 17.2 Å². The lowest BCUT2D eigenvalue weighted by molar-refractivity contribution is -0.0591. The number of nitriles is 1. The van der Waals surface area contributed by atoms with E-state index in [-0.39, 0.29) is 12.3 Å². The average Bonchev–Trinajstić information content (AvgIpc) is 3.37. The zero-order valence-electron chi connectivity index (χ0n) is 23.2. The van der Waals surface area contributed by atoms with Crippen LogP contribution in [0.2, 0.25) is 0 Å². The Labute approximate surface area is 230 Å². The molecule has 0 aliphatic carbocycles. The van der Waals surface area contributed by atoms with Gasteiger partial charge in [-0.2, -0.15) is 5.26 Å². The van der Waals surface area contributed by atoms with Crippen molar-refractivity contribution in [1.82, 2.24) is 24.3 Å². The van der Waals surface area contributed by atoms with Gasteiger partial charge in [-0.25, -0.2) is 15.0 Å². The largest absolute Gasteiger partial charge is 0.378 e. The van der Waals surface area contributed by atoms with Gasteiger partial charge in [-0.05, 0) is 75.1 Å². The van der Waals surface area contributed by atoms with Crippen LogP contribution in [0.4, 0.5) is 5.95 Å². The van der Waals surface area contributed by atoms with Gasteiger partial charge in [-0.1, -0.05) is 37.3 Å². The molecule has 3 atom stereocenters. The Morgan fingerprint density at radius 1 is 1.13 bits per heavy atom. The van der Waals surface area contributed by atoms with Crippen LogP contribution >= 0.6 is 0 Å². The number of nitrogens with one attached hydrogen (secondary N) is 1. The van der Waals surface area contributed by atoms with E-state index in [1.165, 1.54) is 5.56 Å². The number of imidazole rings is 1. The van der Waals surface area contributed by atoms with Crippen LogP contribution in [0.15, 0.2) is 55.0 Å². The molecule has 0 radical (unpaired) electrons. The van der Waals surface area contributed by atoms with Crippen LogP contribution < -0.4 is 5.32 Å². The monoisotopic (exact) mass is 523 g/mol. The number of benzene rings is 1. The highest BCUT2D eigenvalue weighted by Gasteiger charge is 2.28. The van der Waals surface area contributed by atoms with Crippen molar-refractivity contribution < 1.29 is 5.11 Å². The van der Waals surface area contributed by atoms with E-state index in [9.17, 15) is 10.4 Å². The van der Waals surface area contributed by atoms with E-state index in [1.807, 2.05) is 16.7 Å². The third kappa shape index (κ3) is 5.65. The zero-order valence-corrected chi connectivity index (χ0v) is 23.2. The number of fused-ring (bicyclic) bond motifs is 1. The summed E-state index contributed by atoms with van der Waals surface area (Å²) >= 11 is 0. The Hall–Kier alpha value is -3.80. The lowest BCUT2D eigenvalue weighted by Gasteiger charge is -2.39. The fourth-order valence-corrected chi connectivity index (χ4v) is 5.62. The smallest absolute Gasteiger partial charge is 0.223 e. The molecule has 202 valence electrons. The maximum Gasteiger partial charge on any atom is 0.223 e. The first-order chi connectivity index (χ1) is 18.9. The van der Waals surface area contributed by atoms with Gasteiger partial charge in [0.05, 0.1) is 29.7 Å². The predicted molar refractivity (Wildman–Crippen MR) is 153 cm³/mol. The van der Waals surface area contributed by atoms with Gasteiger partial charge < -0.3 is 10.4 Å². The molecule has 0 spiro atoms. The molecule has 1 aliphatic heterocycles. The van der Waals surface area contributed by atoms with Crippen LogP contribution in [-0.2, 0) is 12.8 Å². The maximum absolute atomic E-state index is 10.5. The number of piperidine rings is 1. The number of hydrogen-bond acceptors (Lipinski definition) is 7. The van der Waals surface area contributed by atoms with E-state index in [2.05, 4.69) is 84.3 Å². The molecule has 8 nitrogen and oxygen atoms in total. The molecule has 1 fully saturated rings. The number of rotatable bonds is 8. The molecule has 8 heteroatoms. The van der Waals surface area contributed by atoms with Crippen molar-refractivity contribution in [2.75, 3.05) is 11.9 Å². The summed E-state index contributed by atoms with van der Waals surface area (Å²) < 4.78 is 1.99. The number of anilines is 1. The van der Waals surface area contributed by atoms with E-state index in [1.54, 1.807) is 12.4 Å². The minimum Gasteiger partial charge on any atom is -0.378 e. The number of aryl methyl sites for hydroxylation is 1. The van der Waals surface area contributed by atoms with Crippen LogP contribution in [0.5, 0.6) is 0 Å². The van der Waals surface area contributed by atoms with Crippen molar-refractivity contribution in [3.63, 3.8) is 0 Å². The Morgan fingerprint density at radius 2 is 1.92 bits per heavy atom. The minimum absolute atomic E-state index is 0.0233. The van der Waals surface area contributed by atoms with Gasteiger partial charge in [0.1, 0.15) is 23.6 Å². The highest BCUT2D eigenvalue weighted by atomic mass is 16.3. The number of likely N-dealkylation sites (tertiary alicyclic amines) is 1. The zero-order chi connectivity index (χ0) is 27.5. The number of hydrogen-bond donors (Lipinski definition) is 2. The summed E-state index contributed by atoms with van der Waals surface area (Å²) in [4.78, 5) is 15.9. The molecular weight excluding hydrogens is 486 g/mol. The first kappa shape index (κ1) is 26.8. The van der Waals surface area contributed by atoms with Crippen LogP contribution in [0.1, 0.15) is 68.8 Å². The molecule has 4 aromatic rings. The molecule has 1 aromatic carbocycles.